The Morgan fingerprint density at radius 2 is 2.13 bits per heavy atom. The lowest BCUT2D eigenvalue weighted by Crippen LogP contribution is -2.48. The molecular weight excluding hydrogens is 199 g/mol. The molecule has 0 aromatic heterocycles. The molecule has 1 fully saturated rings. The molecule has 1 aliphatic carbocycles. The van der Waals surface area contributed by atoms with Crippen molar-refractivity contribution >= 4 is 5.97 Å². The van der Waals surface area contributed by atoms with Crippen LogP contribution in [0.2, 0.25) is 0 Å². The van der Waals surface area contributed by atoms with Gasteiger partial charge in [-0.3, -0.25) is 4.79 Å². The van der Waals surface area contributed by atoms with Gasteiger partial charge in [0.2, 0.25) is 0 Å². The van der Waals surface area contributed by atoms with Crippen molar-refractivity contribution in [2.75, 3.05) is 0 Å². The van der Waals surface area contributed by atoms with E-state index in [9.17, 15) is 14.3 Å². The highest BCUT2D eigenvalue weighted by molar-refractivity contribution is 5.83. The van der Waals surface area contributed by atoms with Gasteiger partial charge in [0.15, 0.2) is 0 Å². The maximum absolute atomic E-state index is 12.8. The normalized spacial score (nSPS) is 29.5. The minimum atomic E-state index is -1.14. The summed E-state index contributed by atoms with van der Waals surface area (Å²) in [5, 5.41) is 18.4. The molecule has 80 valence electrons. The SMILES string of the molecule is O=C(O)C1(c2cccc(O)c2)CC(F)C1. The Balaban J connectivity index is 2.39. The average molecular weight is 210 g/mol. The zero-order valence-corrected chi connectivity index (χ0v) is 7.98. The van der Waals surface area contributed by atoms with Crippen molar-refractivity contribution in [1.82, 2.24) is 0 Å². The number of carbonyl (C=O) groups is 1. The number of carboxylic acid groups (broad SMARTS) is 1. The number of alkyl halides is 1. The third-order valence-corrected chi connectivity index (χ3v) is 2.95. The molecule has 1 aromatic rings. The van der Waals surface area contributed by atoms with Gasteiger partial charge in [-0.2, -0.15) is 0 Å². The first-order valence-electron chi connectivity index (χ1n) is 4.71. The van der Waals surface area contributed by atoms with E-state index in [1.165, 1.54) is 12.1 Å². The predicted molar refractivity (Wildman–Crippen MR) is 51.6 cm³/mol. The van der Waals surface area contributed by atoms with E-state index in [-0.39, 0.29) is 18.6 Å². The van der Waals surface area contributed by atoms with Crippen LogP contribution in [0.15, 0.2) is 24.3 Å². The number of hydrogen-bond donors (Lipinski definition) is 2. The van der Waals surface area contributed by atoms with Gasteiger partial charge in [0.1, 0.15) is 11.9 Å². The summed E-state index contributed by atoms with van der Waals surface area (Å²) in [6.07, 6.45) is -1.07. The van der Waals surface area contributed by atoms with Crippen molar-refractivity contribution in [1.29, 1.82) is 0 Å². The summed E-state index contributed by atoms with van der Waals surface area (Å²) in [5.74, 6) is -1.02. The van der Waals surface area contributed by atoms with Crippen LogP contribution in [-0.4, -0.2) is 22.4 Å². The van der Waals surface area contributed by atoms with E-state index < -0.39 is 17.6 Å². The van der Waals surface area contributed by atoms with Gasteiger partial charge in [0.05, 0.1) is 5.41 Å². The van der Waals surface area contributed by atoms with E-state index in [2.05, 4.69) is 0 Å². The lowest BCUT2D eigenvalue weighted by Gasteiger charge is -2.40. The largest absolute Gasteiger partial charge is 0.508 e. The zero-order chi connectivity index (χ0) is 11.1. The maximum Gasteiger partial charge on any atom is 0.314 e. The van der Waals surface area contributed by atoms with E-state index in [0.717, 1.165) is 0 Å². The van der Waals surface area contributed by atoms with Gasteiger partial charge >= 0.3 is 5.97 Å². The molecule has 0 radical (unpaired) electrons. The molecular formula is C11H11FO3. The molecule has 1 aliphatic rings. The highest BCUT2D eigenvalue weighted by atomic mass is 19.1. The molecule has 0 spiro atoms. The first kappa shape index (κ1) is 9.96. The van der Waals surface area contributed by atoms with Crippen molar-refractivity contribution in [3.05, 3.63) is 29.8 Å². The quantitative estimate of drug-likeness (QED) is 0.783. The van der Waals surface area contributed by atoms with Gasteiger partial charge in [-0.25, -0.2) is 4.39 Å². The summed E-state index contributed by atoms with van der Waals surface area (Å²) in [6, 6.07) is 6.03. The Labute approximate surface area is 86.2 Å². The summed E-state index contributed by atoms with van der Waals surface area (Å²) in [7, 11) is 0. The molecule has 2 rings (SSSR count). The molecule has 15 heavy (non-hydrogen) atoms. The molecule has 0 heterocycles. The number of phenols is 1. The van der Waals surface area contributed by atoms with Crippen molar-refractivity contribution < 1.29 is 19.4 Å². The number of halogens is 1. The Morgan fingerprint density at radius 1 is 1.47 bits per heavy atom. The third kappa shape index (κ3) is 1.46. The number of phenolic OH excluding ortho intramolecular Hbond substituents is 1. The third-order valence-electron chi connectivity index (χ3n) is 2.95. The highest BCUT2D eigenvalue weighted by Gasteiger charge is 2.52. The van der Waals surface area contributed by atoms with Crippen LogP contribution in [0.3, 0.4) is 0 Å². The number of rotatable bonds is 2. The van der Waals surface area contributed by atoms with Crippen molar-refractivity contribution in [3.8, 4) is 5.75 Å². The molecule has 0 amide bonds. The first-order valence-corrected chi connectivity index (χ1v) is 4.71. The van der Waals surface area contributed by atoms with Gasteiger partial charge in [-0.1, -0.05) is 12.1 Å². The fraction of sp³-hybridized carbons (Fsp3) is 0.364. The van der Waals surface area contributed by atoms with E-state index in [1.54, 1.807) is 12.1 Å². The lowest BCUT2D eigenvalue weighted by atomic mass is 9.63. The van der Waals surface area contributed by atoms with Crippen LogP contribution in [0.4, 0.5) is 4.39 Å². The van der Waals surface area contributed by atoms with E-state index in [1.807, 2.05) is 0 Å². The van der Waals surface area contributed by atoms with Gasteiger partial charge in [-0.15, -0.1) is 0 Å². The van der Waals surface area contributed by atoms with E-state index >= 15 is 0 Å². The summed E-state index contributed by atoms with van der Waals surface area (Å²) in [6.45, 7) is 0. The topological polar surface area (TPSA) is 57.5 Å². The number of carboxylic acids is 1. The van der Waals surface area contributed by atoms with Crippen LogP contribution in [0, 0.1) is 0 Å². The molecule has 0 bridgehead atoms. The monoisotopic (exact) mass is 210 g/mol. The smallest absolute Gasteiger partial charge is 0.314 e. The van der Waals surface area contributed by atoms with Crippen LogP contribution in [0.5, 0.6) is 5.75 Å². The fourth-order valence-electron chi connectivity index (χ4n) is 2.03. The minimum absolute atomic E-state index is 0.00815. The molecule has 0 aliphatic heterocycles. The number of benzene rings is 1. The van der Waals surface area contributed by atoms with E-state index in [0.29, 0.717) is 5.56 Å². The van der Waals surface area contributed by atoms with Gasteiger partial charge in [-0.05, 0) is 30.5 Å². The van der Waals surface area contributed by atoms with Crippen molar-refractivity contribution in [2.24, 2.45) is 0 Å². The summed E-state index contributed by atoms with van der Waals surface area (Å²) in [4.78, 5) is 11.1. The van der Waals surface area contributed by atoms with Gasteiger partial charge in [0.25, 0.3) is 0 Å². The Hall–Kier alpha value is -1.58. The van der Waals surface area contributed by atoms with E-state index in [4.69, 9.17) is 5.11 Å². The predicted octanol–water partition coefficient (Wildman–Crippen LogP) is 1.85. The molecule has 0 unspecified atom stereocenters. The number of hydrogen-bond acceptors (Lipinski definition) is 2. The summed E-state index contributed by atoms with van der Waals surface area (Å²) >= 11 is 0. The zero-order valence-electron chi connectivity index (χ0n) is 7.98. The van der Waals surface area contributed by atoms with Crippen LogP contribution in [0.25, 0.3) is 0 Å². The molecule has 3 nitrogen and oxygen atoms in total. The second kappa shape index (κ2) is 3.22. The van der Waals surface area contributed by atoms with Crippen LogP contribution < -0.4 is 0 Å². The first-order chi connectivity index (χ1) is 7.04. The second-order valence-electron chi connectivity index (χ2n) is 3.94. The number of aromatic hydroxyl groups is 1. The van der Waals surface area contributed by atoms with Crippen LogP contribution in [-0.2, 0) is 10.2 Å². The van der Waals surface area contributed by atoms with Crippen molar-refractivity contribution in [2.45, 2.75) is 24.4 Å². The Bertz CT molecular complexity index is 397. The van der Waals surface area contributed by atoms with Crippen LogP contribution >= 0.6 is 0 Å². The van der Waals surface area contributed by atoms with Crippen LogP contribution in [0.1, 0.15) is 18.4 Å². The van der Waals surface area contributed by atoms with Gasteiger partial charge < -0.3 is 10.2 Å². The van der Waals surface area contributed by atoms with Gasteiger partial charge in [0, 0.05) is 0 Å². The molecule has 2 N–H and O–H groups in total. The minimum Gasteiger partial charge on any atom is -0.508 e. The second-order valence-corrected chi connectivity index (χ2v) is 3.94. The summed E-state index contributed by atoms with van der Waals surface area (Å²) in [5.41, 5.74) is -0.665. The molecule has 0 atom stereocenters. The fourth-order valence-corrected chi connectivity index (χ4v) is 2.03. The molecule has 1 saturated carbocycles. The number of aliphatic carboxylic acids is 1. The summed E-state index contributed by atoms with van der Waals surface area (Å²) < 4.78 is 12.8. The Kier molecular flexibility index (Phi) is 2.14. The molecule has 1 aromatic carbocycles. The molecule has 4 heteroatoms. The lowest BCUT2D eigenvalue weighted by molar-refractivity contribution is -0.150. The molecule has 0 saturated heterocycles. The van der Waals surface area contributed by atoms with Crippen molar-refractivity contribution in [3.63, 3.8) is 0 Å². The standard InChI is InChI=1S/C11H11FO3/c12-8-5-11(6-8,10(14)15)7-2-1-3-9(13)4-7/h1-4,8,13H,5-6H2,(H,14,15). The highest BCUT2D eigenvalue weighted by Crippen LogP contribution is 2.46. The average Bonchev–Trinajstić information content (AvgIpc) is 2.12. The maximum atomic E-state index is 12.8. The Morgan fingerprint density at radius 3 is 2.60 bits per heavy atom.